The number of halogens is 1. The van der Waals surface area contributed by atoms with E-state index >= 15 is 0 Å². The van der Waals surface area contributed by atoms with E-state index in [0.29, 0.717) is 6.04 Å². The number of nitrogens with one attached hydrogen (secondary N) is 1. The van der Waals surface area contributed by atoms with Crippen LogP contribution in [0, 0.1) is 12.8 Å². The van der Waals surface area contributed by atoms with Crippen molar-refractivity contribution in [1.29, 1.82) is 0 Å². The maximum atomic E-state index is 6.29. The van der Waals surface area contributed by atoms with E-state index in [9.17, 15) is 0 Å². The van der Waals surface area contributed by atoms with Gasteiger partial charge in [-0.05, 0) is 32.6 Å². The van der Waals surface area contributed by atoms with Crippen molar-refractivity contribution in [2.45, 2.75) is 65.0 Å². The minimum Gasteiger partial charge on any atom is -0.308 e. The Kier molecular flexibility index (Phi) is 5.28. The van der Waals surface area contributed by atoms with Crippen LogP contribution in [0.3, 0.4) is 0 Å². The Labute approximate surface area is 121 Å². The van der Waals surface area contributed by atoms with Gasteiger partial charge in [-0.3, -0.25) is 4.68 Å². The third-order valence-corrected chi connectivity index (χ3v) is 4.95. The molecule has 1 aliphatic rings. The monoisotopic (exact) mass is 283 g/mol. The molecular formula is C15H26ClN3. The predicted molar refractivity (Wildman–Crippen MR) is 80.4 cm³/mol. The Morgan fingerprint density at radius 1 is 1.32 bits per heavy atom. The summed E-state index contributed by atoms with van der Waals surface area (Å²) in [6.07, 6.45) is 8.34. The van der Waals surface area contributed by atoms with Gasteiger partial charge in [0, 0.05) is 19.6 Å². The Morgan fingerprint density at radius 2 is 1.95 bits per heavy atom. The first kappa shape index (κ1) is 14.9. The maximum absolute atomic E-state index is 6.29. The highest BCUT2D eigenvalue weighted by Gasteiger charge is 2.19. The van der Waals surface area contributed by atoms with Crippen LogP contribution in [0.2, 0.25) is 5.02 Å². The lowest BCUT2D eigenvalue weighted by Gasteiger charge is -2.23. The van der Waals surface area contributed by atoms with Gasteiger partial charge in [-0.15, -0.1) is 0 Å². The summed E-state index contributed by atoms with van der Waals surface area (Å²) in [6.45, 7) is 5.08. The smallest absolute Gasteiger partial charge is 0.0860 e. The molecule has 19 heavy (non-hydrogen) atoms. The van der Waals surface area contributed by atoms with Gasteiger partial charge >= 0.3 is 0 Å². The van der Waals surface area contributed by atoms with Crippen molar-refractivity contribution in [3.05, 3.63) is 16.4 Å². The van der Waals surface area contributed by atoms with Crippen LogP contribution in [-0.4, -0.2) is 15.8 Å². The first-order chi connectivity index (χ1) is 9.09. The maximum Gasteiger partial charge on any atom is 0.0860 e. The van der Waals surface area contributed by atoms with Gasteiger partial charge in [-0.1, -0.05) is 37.3 Å². The Bertz CT molecular complexity index is 406. The molecule has 1 aliphatic carbocycles. The summed E-state index contributed by atoms with van der Waals surface area (Å²) in [4.78, 5) is 0. The standard InChI is InChI=1S/C15H26ClN3/c1-11(13-8-6-4-5-7-9-13)17-10-14-15(16)12(2)18-19(14)3/h11,13,17H,4-10H2,1-3H3/t11-/m1/s1. The van der Waals surface area contributed by atoms with Gasteiger partial charge in [0.15, 0.2) is 0 Å². The molecule has 0 aliphatic heterocycles. The van der Waals surface area contributed by atoms with Gasteiger partial charge in [0.05, 0.1) is 16.4 Å². The number of aromatic nitrogens is 2. The van der Waals surface area contributed by atoms with Gasteiger partial charge in [-0.2, -0.15) is 5.10 Å². The molecule has 1 aromatic heterocycles. The normalized spacial score (nSPS) is 19.4. The average molecular weight is 284 g/mol. The second-order valence-electron chi connectivity index (χ2n) is 5.89. The van der Waals surface area contributed by atoms with Crippen LogP contribution in [0.4, 0.5) is 0 Å². The summed E-state index contributed by atoms with van der Waals surface area (Å²) >= 11 is 6.29. The van der Waals surface area contributed by atoms with Crippen LogP contribution < -0.4 is 5.32 Å². The van der Waals surface area contributed by atoms with E-state index in [1.807, 2.05) is 18.7 Å². The average Bonchev–Trinajstić information content (AvgIpc) is 2.62. The molecule has 0 aromatic carbocycles. The van der Waals surface area contributed by atoms with E-state index in [1.165, 1.54) is 38.5 Å². The zero-order chi connectivity index (χ0) is 13.8. The fourth-order valence-electron chi connectivity index (χ4n) is 3.11. The molecular weight excluding hydrogens is 258 g/mol. The molecule has 0 saturated heterocycles. The van der Waals surface area contributed by atoms with E-state index in [4.69, 9.17) is 11.6 Å². The van der Waals surface area contributed by atoms with Crippen molar-refractivity contribution in [3.63, 3.8) is 0 Å². The minimum absolute atomic E-state index is 0.560. The zero-order valence-electron chi connectivity index (χ0n) is 12.4. The molecule has 0 spiro atoms. The van der Waals surface area contributed by atoms with Gasteiger partial charge in [0.2, 0.25) is 0 Å². The topological polar surface area (TPSA) is 29.9 Å². The summed E-state index contributed by atoms with van der Waals surface area (Å²) < 4.78 is 1.89. The quantitative estimate of drug-likeness (QED) is 0.851. The molecule has 1 saturated carbocycles. The van der Waals surface area contributed by atoms with Crippen molar-refractivity contribution in [2.24, 2.45) is 13.0 Å². The molecule has 1 atom stereocenters. The van der Waals surface area contributed by atoms with Crippen molar-refractivity contribution < 1.29 is 0 Å². The lowest BCUT2D eigenvalue weighted by atomic mass is 9.93. The number of hydrogen-bond donors (Lipinski definition) is 1. The van der Waals surface area contributed by atoms with E-state index in [2.05, 4.69) is 17.3 Å². The third-order valence-electron chi connectivity index (χ3n) is 4.46. The van der Waals surface area contributed by atoms with Crippen molar-refractivity contribution in [3.8, 4) is 0 Å². The molecule has 1 aromatic rings. The van der Waals surface area contributed by atoms with Crippen LogP contribution in [0.15, 0.2) is 0 Å². The summed E-state index contributed by atoms with van der Waals surface area (Å²) in [5.74, 6) is 0.815. The summed E-state index contributed by atoms with van der Waals surface area (Å²) in [7, 11) is 1.96. The Hall–Kier alpha value is -0.540. The fourth-order valence-corrected chi connectivity index (χ4v) is 3.33. The molecule has 2 rings (SSSR count). The van der Waals surface area contributed by atoms with Gasteiger partial charge in [-0.25, -0.2) is 0 Å². The van der Waals surface area contributed by atoms with Crippen LogP contribution in [0.25, 0.3) is 0 Å². The number of rotatable bonds is 4. The molecule has 1 heterocycles. The first-order valence-corrected chi connectivity index (χ1v) is 7.88. The summed E-state index contributed by atoms with van der Waals surface area (Å²) in [5, 5.41) is 8.82. The van der Waals surface area contributed by atoms with E-state index < -0.39 is 0 Å². The molecule has 1 N–H and O–H groups in total. The molecule has 0 radical (unpaired) electrons. The molecule has 4 heteroatoms. The summed E-state index contributed by atoms with van der Waals surface area (Å²) in [5.41, 5.74) is 2.02. The SMILES string of the molecule is Cc1nn(C)c(CN[C@H](C)C2CCCCCC2)c1Cl. The fraction of sp³-hybridized carbons (Fsp3) is 0.800. The molecule has 0 amide bonds. The lowest BCUT2D eigenvalue weighted by Crippen LogP contribution is -2.33. The van der Waals surface area contributed by atoms with Crippen LogP contribution in [0.5, 0.6) is 0 Å². The van der Waals surface area contributed by atoms with Crippen LogP contribution in [-0.2, 0) is 13.6 Å². The van der Waals surface area contributed by atoms with Crippen molar-refractivity contribution in [2.75, 3.05) is 0 Å². The number of hydrogen-bond acceptors (Lipinski definition) is 2. The van der Waals surface area contributed by atoms with Gasteiger partial charge in [0.1, 0.15) is 0 Å². The predicted octanol–water partition coefficient (Wildman–Crippen LogP) is 3.83. The second kappa shape index (κ2) is 6.76. The second-order valence-corrected chi connectivity index (χ2v) is 6.27. The summed E-state index contributed by atoms with van der Waals surface area (Å²) in [6, 6.07) is 0.560. The molecule has 0 unspecified atom stereocenters. The molecule has 3 nitrogen and oxygen atoms in total. The number of nitrogens with zero attached hydrogens (tertiary/aromatic N) is 2. The largest absolute Gasteiger partial charge is 0.308 e. The van der Waals surface area contributed by atoms with E-state index in [-0.39, 0.29) is 0 Å². The highest BCUT2D eigenvalue weighted by molar-refractivity contribution is 6.31. The van der Waals surface area contributed by atoms with E-state index in [0.717, 1.165) is 28.9 Å². The first-order valence-electron chi connectivity index (χ1n) is 7.51. The zero-order valence-corrected chi connectivity index (χ0v) is 13.1. The van der Waals surface area contributed by atoms with E-state index in [1.54, 1.807) is 0 Å². The Balaban J connectivity index is 1.90. The van der Waals surface area contributed by atoms with Gasteiger partial charge < -0.3 is 5.32 Å². The lowest BCUT2D eigenvalue weighted by molar-refractivity contribution is 0.334. The van der Waals surface area contributed by atoms with Crippen molar-refractivity contribution >= 4 is 11.6 Å². The molecule has 108 valence electrons. The molecule has 0 bridgehead atoms. The van der Waals surface area contributed by atoms with Gasteiger partial charge in [0.25, 0.3) is 0 Å². The highest BCUT2D eigenvalue weighted by atomic mass is 35.5. The van der Waals surface area contributed by atoms with Crippen LogP contribution in [0.1, 0.15) is 56.8 Å². The molecule has 1 fully saturated rings. The third kappa shape index (κ3) is 3.73. The van der Waals surface area contributed by atoms with Crippen LogP contribution >= 0.6 is 11.6 Å². The van der Waals surface area contributed by atoms with Crippen molar-refractivity contribution in [1.82, 2.24) is 15.1 Å². The number of aryl methyl sites for hydroxylation is 2. The Morgan fingerprint density at radius 3 is 2.47 bits per heavy atom. The highest BCUT2D eigenvalue weighted by Crippen LogP contribution is 2.26. The minimum atomic E-state index is 0.560.